The van der Waals surface area contributed by atoms with E-state index in [-0.39, 0.29) is 17.8 Å². The molecule has 1 aliphatic carbocycles. The summed E-state index contributed by atoms with van der Waals surface area (Å²) in [4.78, 5) is 11.3. The Morgan fingerprint density at radius 3 is 2.92 bits per heavy atom. The summed E-state index contributed by atoms with van der Waals surface area (Å²) in [7, 11) is 1.39. The molecule has 0 aromatic heterocycles. The van der Waals surface area contributed by atoms with E-state index in [2.05, 4.69) is 10.8 Å². The molecule has 13 heavy (non-hydrogen) atoms. The first-order chi connectivity index (χ1) is 6.29. The van der Waals surface area contributed by atoms with Crippen molar-refractivity contribution < 1.29 is 9.53 Å². The summed E-state index contributed by atoms with van der Waals surface area (Å²) in [6, 6.07) is 2.10. The second kappa shape index (κ2) is 4.66. The van der Waals surface area contributed by atoms with Gasteiger partial charge in [-0.25, -0.2) is 0 Å². The van der Waals surface area contributed by atoms with E-state index in [1.165, 1.54) is 7.11 Å². The van der Waals surface area contributed by atoms with E-state index in [1.807, 2.05) is 12.2 Å². The third-order valence-electron chi connectivity index (χ3n) is 2.42. The topological polar surface area (TPSA) is 50.1 Å². The van der Waals surface area contributed by atoms with Gasteiger partial charge in [0, 0.05) is 6.42 Å². The average molecular weight is 179 g/mol. The van der Waals surface area contributed by atoms with Gasteiger partial charge in [0.2, 0.25) is 0 Å². The first-order valence-corrected chi connectivity index (χ1v) is 4.39. The lowest BCUT2D eigenvalue weighted by atomic mass is 9.81. The van der Waals surface area contributed by atoms with Gasteiger partial charge >= 0.3 is 5.97 Å². The van der Waals surface area contributed by atoms with E-state index in [4.69, 9.17) is 5.26 Å². The highest BCUT2D eigenvalue weighted by Crippen LogP contribution is 2.28. The molecule has 2 atom stereocenters. The van der Waals surface area contributed by atoms with Gasteiger partial charge in [0.1, 0.15) is 0 Å². The number of hydrogen-bond acceptors (Lipinski definition) is 3. The van der Waals surface area contributed by atoms with Crippen LogP contribution in [0.5, 0.6) is 0 Å². The first kappa shape index (κ1) is 9.79. The van der Waals surface area contributed by atoms with Gasteiger partial charge in [-0.15, -0.1) is 0 Å². The number of nitriles is 1. The van der Waals surface area contributed by atoms with Crippen LogP contribution in [0, 0.1) is 23.2 Å². The van der Waals surface area contributed by atoms with Crippen LogP contribution < -0.4 is 0 Å². The van der Waals surface area contributed by atoms with Crippen LogP contribution in [0.25, 0.3) is 0 Å². The van der Waals surface area contributed by atoms with Crippen molar-refractivity contribution in [2.24, 2.45) is 11.8 Å². The minimum atomic E-state index is -0.190. The molecule has 0 fully saturated rings. The highest BCUT2D eigenvalue weighted by atomic mass is 16.5. The monoisotopic (exact) mass is 179 g/mol. The highest BCUT2D eigenvalue weighted by Gasteiger charge is 2.29. The number of carbonyl (C=O) groups excluding carboxylic acids is 1. The fraction of sp³-hybridized carbons (Fsp3) is 0.600. The fourth-order valence-corrected chi connectivity index (χ4v) is 1.65. The molecule has 0 aromatic carbocycles. The Morgan fingerprint density at radius 1 is 1.62 bits per heavy atom. The first-order valence-electron chi connectivity index (χ1n) is 4.39. The number of hydrogen-bond donors (Lipinski definition) is 0. The largest absolute Gasteiger partial charge is 0.469 e. The predicted octanol–water partition coefficient (Wildman–Crippen LogP) is 1.66. The maximum Gasteiger partial charge on any atom is 0.309 e. The zero-order chi connectivity index (χ0) is 9.68. The van der Waals surface area contributed by atoms with Crippen molar-refractivity contribution in [2.75, 3.05) is 7.11 Å². The van der Waals surface area contributed by atoms with Gasteiger partial charge in [0.15, 0.2) is 0 Å². The molecule has 70 valence electrons. The second-order valence-corrected chi connectivity index (χ2v) is 3.19. The SMILES string of the molecule is COC(=O)[C@@H]1CC=CC[C@H]1CC#N. The number of methoxy groups -OCH3 is 1. The molecular formula is C10H13NO2. The highest BCUT2D eigenvalue weighted by molar-refractivity contribution is 5.73. The number of rotatable bonds is 2. The molecule has 3 nitrogen and oxygen atoms in total. The molecule has 0 amide bonds. The van der Waals surface area contributed by atoms with Crippen molar-refractivity contribution in [1.82, 2.24) is 0 Å². The Hall–Kier alpha value is -1.30. The maximum absolute atomic E-state index is 11.3. The molecule has 0 bridgehead atoms. The summed E-state index contributed by atoms with van der Waals surface area (Å²) in [6.45, 7) is 0. The van der Waals surface area contributed by atoms with E-state index < -0.39 is 0 Å². The van der Waals surface area contributed by atoms with E-state index in [0.29, 0.717) is 12.8 Å². The molecule has 3 heteroatoms. The average Bonchev–Trinajstić information content (AvgIpc) is 2.18. The van der Waals surface area contributed by atoms with Gasteiger partial charge in [-0.05, 0) is 18.8 Å². The van der Waals surface area contributed by atoms with Crippen molar-refractivity contribution in [3.05, 3.63) is 12.2 Å². The number of esters is 1. The predicted molar refractivity (Wildman–Crippen MR) is 47.6 cm³/mol. The Labute approximate surface area is 78.0 Å². The quantitative estimate of drug-likeness (QED) is 0.478. The summed E-state index contributed by atoms with van der Waals surface area (Å²) in [5, 5.41) is 8.56. The molecular weight excluding hydrogens is 166 g/mol. The van der Waals surface area contributed by atoms with Crippen LogP contribution in [0.4, 0.5) is 0 Å². The summed E-state index contributed by atoms with van der Waals surface area (Å²) in [5.74, 6) is -0.165. The number of ether oxygens (including phenoxy) is 1. The minimum Gasteiger partial charge on any atom is -0.469 e. The molecule has 0 heterocycles. The molecule has 0 saturated carbocycles. The lowest BCUT2D eigenvalue weighted by Gasteiger charge is -2.23. The Balaban J connectivity index is 2.64. The third-order valence-corrected chi connectivity index (χ3v) is 2.42. The molecule has 0 aliphatic heterocycles. The van der Waals surface area contributed by atoms with E-state index in [0.717, 1.165) is 6.42 Å². The van der Waals surface area contributed by atoms with Crippen molar-refractivity contribution in [2.45, 2.75) is 19.3 Å². The second-order valence-electron chi connectivity index (χ2n) is 3.19. The molecule has 0 spiro atoms. The van der Waals surface area contributed by atoms with Gasteiger partial charge in [-0.2, -0.15) is 5.26 Å². The van der Waals surface area contributed by atoms with E-state index in [9.17, 15) is 4.79 Å². The van der Waals surface area contributed by atoms with Crippen molar-refractivity contribution in [1.29, 1.82) is 5.26 Å². The van der Waals surface area contributed by atoms with Gasteiger partial charge in [-0.3, -0.25) is 4.79 Å². The summed E-state index contributed by atoms with van der Waals surface area (Å²) >= 11 is 0. The normalized spacial score (nSPS) is 26.5. The maximum atomic E-state index is 11.3. The number of carbonyl (C=O) groups is 1. The lowest BCUT2D eigenvalue weighted by Crippen LogP contribution is -2.26. The van der Waals surface area contributed by atoms with Crippen LogP contribution in [0.1, 0.15) is 19.3 Å². The van der Waals surface area contributed by atoms with Gasteiger partial charge in [-0.1, -0.05) is 12.2 Å². The smallest absolute Gasteiger partial charge is 0.309 e. The Kier molecular flexibility index (Phi) is 3.51. The molecule has 1 aliphatic rings. The van der Waals surface area contributed by atoms with Gasteiger partial charge in [0.05, 0.1) is 19.1 Å². The van der Waals surface area contributed by atoms with Crippen LogP contribution in [0.15, 0.2) is 12.2 Å². The number of allylic oxidation sites excluding steroid dienone is 2. The van der Waals surface area contributed by atoms with Crippen LogP contribution in [0.3, 0.4) is 0 Å². The van der Waals surface area contributed by atoms with Crippen LogP contribution in [-0.2, 0) is 9.53 Å². The molecule has 0 N–H and O–H groups in total. The van der Waals surface area contributed by atoms with Crippen LogP contribution in [0.2, 0.25) is 0 Å². The summed E-state index contributed by atoms with van der Waals surface area (Å²) < 4.78 is 4.68. The van der Waals surface area contributed by atoms with Crippen LogP contribution in [-0.4, -0.2) is 13.1 Å². The fourth-order valence-electron chi connectivity index (χ4n) is 1.65. The minimum absolute atomic E-state index is 0.116. The third kappa shape index (κ3) is 2.32. The lowest BCUT2D eigenvalue weighted by molar-refractivity contribution is -0.147. The number of nitrogens with zero attached hydrogens (tertiary/aromatic N) is 1. The molecule has 0 saturated heterocycles. The standard InChI is InChI=1S/C10H13NO2/c1-13-10(12)9-5-3-2-4-8(9)6-7-11/h2-3,8-9H,4-6H2,1H3/t8-,9+/m0/s1. The molecule has 0 radical (unpaired) electrons. The van der Waals surface area contributed by atoms with Crippen molar-refractivity contribution >= 4 is 5.97 Å². The zero-order valence-electron chi connectivity index (χ0n) is 7.69. The van der Waals surface area contributed by atoms with Gasteiger partial charge in [0.25, 0.3) is 0 Å². The van der Waals surface area contributed by atoms with E-state index in [1.54, 1.807) is 0 Å². The van der Waals surface area contributed by atoms with Crippen LogP contribution >= 0.6 is 0 Å². The summed E-state index contributed by atoms with van der Waals surface area (Å²) in [5.41, 5.74) is 0. The molecule has 0 aromatic rings. The zero-order valence-corrected chi connectivity index (χ0v) is 7.69. The molecule has 1 rings (SSSR count). The molecule has 0 unspecified atom stereocenters. The van der Waals surface area contributed by atoms with E-state index >= 15 is 0 Å². The van der Waals surface area contributed by atoms with Crippen molar-refractivity contribution in [3.63, 3.8) is 0 Å². The van der Waals surface area contributed by atoms with Gasteiger partial charge < -0.3 is 4.74 Å². The Morgan fingerprint density at radius 2 is 2.31 bits per heavy atom. The summed E-state index contributed by atoms with van der Waals surface area (Å²) in [6.07, 6.45) is 5.97. The van der Waals surface area contributed by atoms with Crippen molar-refractivity contribution in [3.8, 4) is 6.07 Å². The Bertz CT molecular complexity index is 252.